The number of rotatable bonds is 7. The molecule has 122 valence electrons. The lowest BCUT2D eigenvalue weighted by molar-refractivity contribution is -0.709. The molecule has 2 aromatic rings. The van der Waals surface area contributed by atoms with Gasteiger partial charge in [-0.25, -0.2) is 0 Å². The summed E-state index contributed by atoms with van der Waals surface area (Å²) in [7, 11) is 0. The Morgan fingerprint density at radius 1 is 1.09 bits per heavy atom. The number of hydrogen-bond donors (Lipinski definition) is 2. The van der Waals surface area contributed by atoms with Gasteiger partial charge in [-0.15, -0.1) is 0 Å². The fourth-order valence-corrected chi connectivity index (χ4v) is 2.49. The zero-order valence-corrected chi connectivity index (χ0v) is 14.0. The van der Waals surface area contributed by atoms with E-state index < -0.39 is 0 Å². The minimum absolute atomic E-state index is 0.0278. The maximum absolute atomic E-state index is 12.4. The van der Waals surface area contributed by atoms with Crippen molar-refractivity contribution < 1.29 is 14.8 Å². The highest BCUT2D eigenvalue weighted by Gasteiger charge is 2.21. The lowest BCUT2D eigenvalue weighted by atomic mass is 10.1. The number of quaternary nitrogens is 1. The Balaban J connectivity index is 1.98. The number of nitrogens with two attached hydrogens (primary N) is 1. The summed E-state index contributed by atoms with van der Waals surface area (Å²) >= 11 is 0. The van der Waals surface area contributed by atoms with Crippen LogP contribution in [0.25, 0.3) is 0 Å². The quantitative estimate of drug-likeness (QED) is 0.826. The van der Waals surface area contributed by atoms with Gasteiger partial charge in [0.1, 0.15) is 11.8 Å². The summed E-state index contributed by atoms with van der Waals surface area (Å²) in [6.07, 6.45) is 0. The summed E-state index contributed by atoms with van der Waals surface area (Å²) < 4.78 is 5.54. The molecule has 3 N–H and O–H groups in total. The molecule has 2 aromatic carbocycles. The zero-order chi connectivity index (χ0) is 16.7. The molecule has 0 radical (unpaired) electrons. The second-order valence-corrected chi connectivity index (χ2v) is 5.60. The molecular weight excluding hydrogens is 288 g/mol. The molecule has 0 bridgehead atoms. The van der Waals surface area contributed by atoms with E-state index in [2.05, 4.69) is 29.7 Å². The lowest BCUT2D eigenvalue weighted by Crippen LogP contribution is -2.91. The van der Waals surface area contributed by atoms with E-state index in [1.165, 1.54) is 5.56 Å². The maximum atomic E-state index is 12.4. The summed E-state index contributed by atoms with van der Waals surface area (Å²) in [5.74, 6) is 0.673. The Bertz CT molecular complexity index is 628. The molecule has 0 aliphatic rings. The monoisotopic (exact) mass is 313 g/mol. The predicted molar refractivity (Wildman–Crippen MR) is 92.5 cm³/mol. The van der Waals surface area contributed by atoms with Crippen LogP contribution in [0.5, 0.6) is 5.75 Å². The van der Waals surface area contributed by atoms with Crippen molar-refractivity contribution in [2.24, 2.45) is 0 Å². The first-order valence-electron chi connectivity index (χ1n) is 8.04. The van der Waals surface area contributed by atoms with Gasteiger partial charge >= 0.3 is 0 Å². The predicted octanol–water partition coefficient (Wildman–Crippen LogP) is 2.74. The second-order valence-electron chi connectivity index (χ2n) is 5.60. The summed E-state index contributed by atoms with van der Waals surface area (Å²) in [4.78, 5) is 12.4. The van der Waals surface area contributed by atoms with Crippen molar-refractivity contribution in [3.05, 3.63) is 60.2 Å². The molecule has 0 fully saturated rings. The van der Waals surface area contributed by atoms with Crippen LogP contribution < -0.4 is 15.4 Å². The number of amides is 1. The Kier molecular flexibility index (Phi) is 6.18. The maximum Gasteiger partial charge on any atom is 0.282 e. The Morgan fingerprint density at radius 3 is 2.43 bits per heavy atom. The molecule has 0 saturated carbocycles. The van der Waals surface area contributed by atoms with Crippen LogP contribution in [0.1, 0.15) is 32.4 Å². The SMILES string of the molecule is CCOc1ccccc1NC(=O)[C@H](C)[NH2+][C@@H](C)c1ccccc1. The van der Waals surface area contributed by atoms with Crippen molar-refractivity contribution in [3.63, 3.8) is 0 Å². The lowest BCUT2D eigenvalue weighted by Gasteiger charge is -2.18. The number of nitrogens with one attached hydrogen (secondary N) is 1. The van der Waals surface area contributed by atoms with E-state index in [-0.39, 0.29) is 18.0 Å². The number of carbonyl (C=O) groups is 1. The van der Waals surface area contributed by atoms with Crippen LogP contribution in [-0.2, 0) is 4.79 Å². The Morgan fingerprint density at radius 2 is 1.74 bits per heavy atom. The minimum Gasteiger partial charge on any atom is -0.492 e. The van der Waals surface area contributed by atoms with Crippen LogP contribution in [0, 0.1) is 0 Å². The van der Waals surface area contributed by atoms with Gasteiger partial charge in [0.25, 0.3) is 5.91 Å². The van der Waals surface area contributed by atoms with Gasteiger partial charge in [-0.3, -0.25) is 4.79 Å². The summed E-state index contributed by atoms with van der Waals surface area (Å²) in [5.41, 5.74) is 1.92. The number of benzene rings is 2. The van der Waals surface area contributed by atoms with Crippen LogP contribution in [0.4, 0.5) is 5.69 Å². The average molecular weight is 313 g/mol. The van der Waals surface area contributed by atoms with Gasteiger partial charge in [-0.05, 0) is 32.9 Å². The largest absolute Gasteiger partial charge is 0.492 e. The molecule has 2 rings (SSSR count). The normalized spacial score (nSPS) is 13.2. The summed E-state index contributed by atoms with van der Waals surface area (Å²) in [6, 6.07) is 17.7. The molecule has 2 atom stereocenters. The number of anilines is 1. The Labute approximate surface area is 137 Å². The summed E-state index contributed by atoms with van der Waals surface area (Å²) in [5, 5.41) is 5.02. The highest BCUT2D eigenvalue weighted by molar-refractivity contribution is 5.94. The minimum atomic E-state index is -0.195. The third-order valence-electron chi connectivity index (χ3n) is 3.76. The van der Waals surface area contributed by atoms with Crippen LogP contribution in [0.2, 0.25) is 0 Å². The number of ether oxygens (including phenoxy) is 1. The van der Waals surface area contributed by atoms with Gasteiger partial charge < -0.3 is 15.4 Å². The molecule has 0 saturated heterocycles. The molecule has 0 aliphatic carbocycles. The highest BCUT2D eigenvalue weighted by Crippen LogP contribution is 2.23. The van der Waals surface area contributed by atoms with Gasteiger partial charge in [0, 0.05) is 5.56 Å². The molecule has 0 aromatic heterocycles. The molecule has 4 nitrogen and oxygen atoms in total. The van der Waals surface area contributed by atoms with E-state index in [0.717, 1.165) is 0 Å². The van der Waals surface area contributed by atoms with Crippen LogP contribution in [0.3, 0.4) is 0 Å². The van der Waals surface area contributed by atoms with Crippen LogP contribution in [0.15, 0.2) is 54.6 Å². The van der Waals surface area contributed by atoms with E-state index in [1.807, 2.05) is 56.3 Å². The third-order valence-corrected chi connectivity index (χ3v) is 3.76. The number of hydrogen-bond acceptors (Lipinski definition) is 2. The van der Waals surface area contributed by atoms with Crippen molar-refractivity contribution in [2.75, 3.05) is 11.9 Å². The molecule has 0 aliphatic heterocycles. The fourth-order valence-electron chi connectivity index (χ4n) is 2.49. The zero-order valence-electron chi connectivity index (χ0n) is 14.0. The van der Waals surface area contributed by atoms with Gasteiger partial charge in [0.2, 0.25) is 0 Å². The number of para-hydroxylation sites is 2. The molecule has 0 heterocycles. The number of carbonyl (C=O) groups excluding carboxylic acids is 1. The third kappa shape index (κ3) is 4.83. The smallest absolute Gasteiger partial charge is 0.282 e. The first-order valence-corrected chi connectivity index (χ1v) is 8.04. The molecule has 23 heavy (non-hydrogen) atoms. The van der Waals surface area contributed by atoms with E-state index in [9.17, 15) is 4.79 Å². The Hall–Kier alpha value is -2.33. The van der Waals surface area contributed by atoms with Gasteiger partial charge in [-0.1, -0.05) is 42.5 Å². The van der Waals surface area contributed by atoms with Gasteiger partial charge in [-0.2, -0.15) is 0 Å². The van der Waals surface area contributed by atoms with Crippen molar-refractivity contribution in [2.45, 2.75) is 32.9 Å². The van der Waals surface area contributed by atoms with Crippen molar-refractivity contribution in [1.82, 2.24) is 0 Å². The fraction of sp³-hybridized carbons (Fsp3) is 0.316. The average Bonchev–Trinajstić information content (AvgIpc) is 2.57. The standard InChI is InChI=1S/C19H24N2O2/c1-4-23-18-13-9-8-12-17(18)21-19(22)15(3)20-14(2)16-10-6-5-7-11-16/h5-15,20H,4H2,1-3H3,(H,21,22)/p+1/t14-,15-/m0/s1. The topological polar surface area (TPSA) is 54.9 Å². The van der Waals surface area contributed by atoms with E-state index >= 15 is 0 Å². The van der Waals surface area contributed by atoms with Crippen molar-refractivity contribution in [1.29, 1.82) is 0 Å². The van der Waals surface area contributed by atoms with E-state index in [4.69, 9.17) is 4.74 Å². The van der Waals surface area contributed by atoms with Crippen molar-refractivity contribution >= 4 is 11.6 Å². The van der Waals surface area contributed by atoms with Crippen molar-refractivity contribution in [3.8, 4) is 5.75 Å². The van der Waals surface area contributed by atoms with Gasteiger partial charge in [0.15, 0.2) is 6.04 Å². The van der Waals surface area contributed by atoms with E-state index in [1.54, 1.807) is 0 Å². The first kappa shape index (κ1) is 17.0. The summed E-state index contributed by atoms with van der Waals surface area (Å²) in [6.45, 7) is 6.52. The first-order chi connectivity index (χ1) is 11.1. The molecule has 0 unspecified atom stereocenters. The molecule has 1 amide bonds. The highest BCUT2D eigenvalue weighted by atomic mass is 16.5. The molecule has 4 heteroatoms. The van der Waals surface area contributed by atoms with E-state index in [0.29, 0.717) is 18.0 Å². The molecule has 0 spiro atoms. The van der Waals surface area contributed by atoms with Gasteiger partial charge in [0.05, 0.1) is 12.3 Å². The van der Waals surface area contributed by atoms with Crippen LogP contribution >= 0.6 is 0 Å². The van der Waals surface area contributed by atoms with Crippen LogP contribution in [-0.4, -0.2) is 18.6 Å². The molecular formula is C19H25N2O2+. The second kappa shape index (κ2) is 8.34.